The maximum atomic E-state index is 12.3. The van der Waals surface area contributed by atoms with Crippen LogP contribution in [0.25, 0.3) is 0 Å². The van der Waals surface area contributed by atoms with E-state index in [1.54, 1.807) is 19.1 Å². The van der Waals surface area contributed by atoms with Crippen molar-refractivity contribution in [3.05, 3.63) is 39.9 Å². The number of thiol groups is 2. The predicted molar refractivity (Wildman–Crippen MR) is 95.6 cm³/mol. The van der Waals surface area contributed by atoms with Crippen molar-refractivity contribution < 1.29 is 19.6 Å². The van der Waals surface area contributed by atoms with Crippen LogP contribution < -0.4 is 0 Å². The summed E-state index contributed by atoms with van der Waals surface area (Å²) in [6.45, 7) is 2.07. The van der Waals surface area contributed by atoms with Crippen molar-refractivity contribution in [1.82, 2.24) is 4.90 Å². The lowest BCUT2D eigenvalue weighted by Crippen LogP contribution is -2.44. The summed E-state index contributed by atoms with van der Waals surface area (Å²) in [5, 5.41) is 20.0. The Morgan fingerprint density at radius 1 is 1.50 bits per heavy atom. The fraction of sp³-hybridized carbons (Fsp3) is 0.533. The minimum Gasteiger partial charge on any atom is -0.445 e. The van der Waals surface area contributed by atoms with Crippen LogP contribution in [0.3, 0.4) is 0 Å². The number of non-ortho nitro benzene ring substituents is 1. The molecule has 0 bridgehead atoms. The molecule has 1 amide bonds. The van der Waals surface area contributed by atoms with Gasteiger partial charge in [0.25, 0.3) is 5.69 Å². The molecular formula is C15H20N2O5S2. The molecule has 0 aromatic heterocycles. The molecule has 1 aromatic carbocycles. The number of nitro benzene ring substituents is 1. The van der Waals surface area contributed by atoms with Crippen LogP contribution >= 0.6 is 25.3 Å². The number of aliphatic hydroxyl groups is 1. The van der Waals surface area contributed by atoms with Gasteiger partial charge in [0.2, 0.25) is 0 Å². The fourth-order valence-electron chi connectivity index (χ4n) is 2.64. The number of likely N-dealkylation sites (tertiary alicyclic amines) is 1. The van der Waals surface area contributed by atoms with Crippen LogP contribution in [-0.2, 0) is 11.3 Å². The van der Waals surface area contributed by atoms with Gasteiger partial charge in [-0.15, -0.1) is 0 Å². The Balaban J connectivity index is 1.96. The van der Waals surface area contributed by atoms with Crippen LogP contribution in [0.2, 0.25) is 0 Å². The third-order valence-corrected chi connectivity index (χ3v) is 5.10. The second kappa shape index (κ2) is 8.09. The van der Waals surface area contributed by atoms with Crippen molar-refractivity contribution in [2.24, 2.45) is 0 Å². The number of benzene rings is 1. The van der Waals surface area contributed by atoms with Gasteiger partial charge in [0.05, 0.1) is 17.1 Å². The molecule has 9 heteroatoms. The summed E-state index contributed by atoms with van der Waals surface area (Å²) in [5.74, 6) is 0. The van der Waals surface area contributed by atoms with Crippen molar-refractivity contribution in [1.29, 1.82) is 0 Å². The molecule has 24 heavy (non-hydrogen) atoms. The van der Waals surface area contributed by atoms with E-state index < -0.39 is 17.1 Å². The van der Waals surface area contributed by atoms with Crippen molar-refractivity contribution in [3.8, 4) is 0 Å². The Labute approximate surface area is 151 Å². The lowest BCUT2D eigenvalue weighted by Gasteiger charge is -2.29. The first kappa shape index (κ1) is 18.9. The molecule has 4 atom stereocenters. The summed E-state index contributed by atoms with van der Waals surface area (Å²) < 4.78 is 5.29. The topological polar surface area (TPSA) is 92.9 Å². The quantitative estimate of drug-likeness (QED) is 0.419. The van der Waals surface area contributed by atoms with E-state index in [-0.39, 0.29) is 28.8 Å². The highest BCUT2D eigenvalue weighted by Crippen LogP contribution is 2.29. The third-order valence-electron chi connectivity index (χ3n) is 3.95. The molecule has 1 aliphatic rings. The number of ether oxygens (including phenoxy) is 1. The number of amides is 1. The predicted octanol–water partition coefficient (Wildman–Crippen LogP) is 2.28. The minimum absolute atomic E-state index is 0.00956. The molecule has 0 radical (unpaired) electrons. The largest absolute Gasteiger partial charge is 0.445 e. The fourth-order valence-corrected chi connectivity index (χ4v) is 3.31. The smallest absolute Gasteiger partial charge is 0.410 e. The van der Waals surface area contributed by atoms with Crippen molar-refractivity contribution >= 4 is 37.0 Å². The standard InChI is InChI=1S/C15H20N2O5S2/c1-9(18)14(24)13-6-12(23)7-16(13)15(19)22-8-10-2-4-11(5-3-10)17(20)21/h2-5,9,12-14,18,23-24H,6-8H2,1H3. The van der Waals surface area contributed by atoms with Gasteiger partial charge in [-0.2, -0.15) is 25.3 Å². The van der Waals surface area contributed by atoms with Crippen molar-refractivity contribution in [2.75, 3.05) is 6.54 Å². The van der Waals surface area contributed by atoms with Gasteiger partial charge in [-0.05, 0) is 31.0 Å². The zero-order chi connectivity index (χ0) is 17.9. The van der Waals surface area contributed by atoms with Crippen LogP contribution in [0.4, 0.5) is 10.5 Å². The van der Waals surface area contributed by atoms with Gasteiger partial charge in [0, 0.05) is 29.2 Å². The summed E-state index contributed by atoms with van der Waals surface area (Å²) in [7, 11) is 0. The molecule has 0 spiro atoms. The molecule has 1 fully saturated rings. The van der Waals surface area contributed by atoms with Gasteiger partial charge in [-0.25, -0.2) is 4.79 Å². The van der Waals surface area contributed by atoms with E-state index in [2.05, 4.69) is 25.3 Å². The first-order valence-electron chi connectivity index (χ1n) is 7.50. The highest BCUT2D eigenvalue weighted by atomic mass is 32.1. The molecule has 7 nitrogen and oxygen atoms in total. The van der Waals surface area contributed by atoms with Gasteiger partial charge in [-0.3, -0.25) is 10.1 Å². The van der Waals surface area contributed by atoms with E-state index in [0.29, 0.717) is 18.5 Å². The molecule has 1 aromatic rings. The molecule has 1 aliphatic heterocycles. The number of nitro groups is 1. The summed E-state index contributed by atoms with van der Waals surface area (Å²) in [6, 6.07) is 5.57. The molecule has 1 saturated heterocycles. The van der Waals surface area contributed by atoms with Gasteiger partial charge < -0.3 is 14.7 Å². The average Bonchev–Trinajstić information content (AvgIpc) is 2.94. The first-order valence-corrected chi connectivity index (χ1v) is 8.53. The monoisotopic (exact) mass is 372 g/mol. The maximum Gasteiger partial charge on any atom is 0.410 e. The molecule has 0 saturated carbocycles. The molecule has 4 unspecified atom stereocenters. The third kappa shape index (κ3) is 4.55. The number of carbonyl (C=O) groups excluding carboxylic acids is 1. The second-order valence-corrected chi connectivity index (χ2v) is 7.15. The Bertz CT molecular complexity index is 596. The van der Waals surface area contributed by atoms with Gasteiger partial charge in [0.15, 0.2) is 0 Å². The molecule has 0 aliphatic carbocycles. The van der Waals surface area contributed by atoms with Crippen LogP contribution in [0.1, 0.15) is 18.9 Å². The average molecular weight is 372 g/mol. The summed E-state index contributed by atoms with van der Waals surface area (Å²) >= 11 is 8.79. The normalized spacial score (nSPS) is 22.9. The van der Waals surface area contributed by atoms with Crippen LogP contribution in [-0.4, -0.2) is 50.2 Å². The van der Waals surface area contributed by atoms with E-state index in [1.807, 2.05) is 0 Å². The van der Waals surface area contributed by atoms with E-state index in [4.69, 9.17) is 4.74 Å². The summed E-state index contributed by atoms with van der Waals surface area (Å²) in [5.41, 5.74) is 0.641. The maximum absolute atomic E-state index is 12.3. The molecule has 132 valence electrons. The first-order chi connectivity index (χ1) is 11.3. The Hall–Kier alpha value is -1.45. The number of hydrogen-bond donors (Lipinski definition) is 3. The molecule has 1 N–H and O–H groups in total. The number of hydrogen-bond acceptors (Lipinski definition) is 7. The second-order valence-electron chi connectivity index (χ2n) is 5.82. The van der Waals surface area contributed by atoms with Crippen molar-refractivity contribution in [3.63, 3.8) is 0 Å². The summed E-state index contributed by atoms with van der Waals surface area (Å²) in [4.78, 5) is 24.0. The number of carbonyl (C=O) groups is 1. The highest BCUT2D eigenvalue weighted by Gasteiger charge is 2.39. The van der Waals surface area contributed by atoms with E-state index in [1.165, 1.54) is 17.0 Å². The van der Waals surface area contributed by atoms with E-state index >= 15 is 0 Å². The zero-order valence-electron chi connectivity index (χ0n) is 13.1. The highest BCUT2D eigenvalue weighted by molar-refractivity contribution is 7.81. The summed E-state index contributed by atoms with van der Waals surface area (Å²) in [6.07, 6.45) is -0.536. The van der Waals surface area contributed by atoms with Crippen LogP contribution in [0, 0.1) is 10.1 Å². The Morgan fingerprint density at radius 2 is 2.12 bits per heavy atom. The molecular weight excluding hydrogens is 352 g/mol. The van der Waals surface area contributed by atoms with Crippen LogP contribution in [0.5, 0.6) is 0 Å². The Kier molecular flexibility index (Phi) is 6.36. The van der Waals surface area contributed by atoms with Crippen LogP contribution in [0.15, 0.2) is 24.3 Å². The number of rotatable bonds is 5. The van der Waals surface area contributed by atoms with Gasteiger partial charge in [0.1, 0.15) is 6.61 Å². The lowest BCUT2D eigenvalue weighted by atomic mass is 10.1. The van der Waals surface area contributed by atoms with E-state index in [0.717, 1.165) is 0 Å². The SMILES string of the molecule is CC(O)C(S)C1CC(S)CN1C(=O)OCc1ccc([N+](=O)[O-])cc1. The Morgan fingerprint density at radius 3 is 2.67 bits per heavy atom. The van der Waals surface area contributed by atoms with Gasteiger partial charge in [-0.1, -0.05) is 0 Å². The number of nitrogens with zero attached hydrogens (tertiary/aromatic N) is 2. The minimum atomic E-state index is -0.665. The van der Waals surface area contributed by atoms with Gasteiger partial charge >= 0.3 is 6.09 Å². The lowest BCUT2D eigenvalue weighted by molar-refractivity contribution is -0.384. The zero-order valence-corrected chi connectivity index (χ0v) is 14.9. The van der Waals surface area contributed by atoms with Crippen molar-refractivity contribution in [2.45, 2.75) is 42.6 Å². The number of aliphatic hydroxyl groups excluding tert-OH is 1. The molecule has 2 rings (SSSR count). The van der Waals surface area contributed by atoms with E-state index in [9.17, 15) is 20.0 Å². The molecule has 1 heterocycles.